The summed E-state index contributed by atoms with van der Waals surface area (Å²) in [6, 6.07) is 15.3. The van der Waals surface area contributed by atoms with Gasteiger partial charge in [-0.2, -0.15) is 0 Å². The number of nitrogens with one attached hydrogen (secondary N) is 1. The second kappa shape index (κ2) is 16.6. The molecule has 0 radical (unpaired) electrons. The monoisotopic (exact) mass is 817 g/mol. The molecule has 0 aromatic heterocycles. The molecule has 1 saturated carbocycles. The topological polar surface area (TPSA) is 199 Å². The molecule has 0 bridgehead atoms. The number of fused-ring (bicyclic) bond motifs is 4. The minimum atomic E-state index is -1.91. The van der Waals surface area contributed by atoms with E-state index in [1.807, 2.05) is 6.08 Å². The number of esters is 5. The van der Waals surface area contributed by atoms with Crippen molar-refractivity contribution in [3.8, 4) is 0 Å². The van der Waals surface area contributed by atoms with Crippen LogP contribution >= 0.6 is 0 Å². The van der Waals surface area contributed by atoms with Crippen molar-refractivity contribution in [1.29, 1.82) is 0 Å². The van der Waals surface area contributed by atoms with Gasteiger partial charge < -0.3 is 43.6 Å². The molecule has 0 unspecified atom stereocenters. The Balaban J connectivity index is 1.45. The minimum absolute atomic E-state index is 0.00616. The lowest BCUT2D eigenvalue weighted by Gasteiger charge is -2.63. The number of aliphatic hydroxyl groups excluding tert-OH is 1. The molecule has 3 aliphatic carbocycles. The molecule has 4 aliphatic rings. The van der Waals surface area contributed by atoms with Crippen LogP contribution in [0.3, 0.4) is 0 Å². The summed E-state index contributed by atoms with van der Waals surface area (Å²) in [5.74, 6) is -4.67. The van der Waals surface area contributed by atoms with Crippen LogP contribution in [-0.2, 0) is 52.3 Å². The molecule has 6 rings (SSSR count). The van der Waals surface area contributed by atoms with Crippen LogP contribution in [0, 0.1) is 11.3 Å². The number of carbonyl (C=O) groups excluding carboxylic acids is 6. The van der Waals surface area contributed by atoms with E-state index in [1.165, 1.54) is 20.8 Å². The third-order valence-electron chi connectivity index (χ3n) is 11.4. The van der Waals surface area contributed by atoms with Crippen LogP contribution in [0.4, 0.5) is 4.79 Å². The molecule has 2 fully saturated rings. The lowest BCUT2D eigenvalue weighted by atomic mass is 9.53. The van der Waals surface area contributed by atoms with Gasteiger partial charge in [0.25, 0.3) is 0 Å². The maximum Gasteiger partial charge on any atom is 0.408 e. The van der Waals surface area contributed by atoms with Gasteiger partial charge in [-0.15, -0.1) is 0 Å². The molecule has 2 N–H and O–H groups in total. The summed E-state index contributed by atoms with van der Waals surface area (Å²) in [6.45, 7) is 12.1. The van der Waals surface area contributed by atoms with Crippen LogP contribution in [-0.4, -0.2) is 95.5 Å². The third kappa shape index (κ3) is 8.62. The summed E-state index contributed by atoms with van der Waals surface area (Å²) in [5, 5.41) is 14.1. The number of ether oxygens (including phenoxy) is 7. The van der Waals surface area contributed by atoms with E-state index in [-0.39, 0.29) is 25.0 Å². The van der Waals surface area contributed by atoms with Gasteiger partial charge in [0.1, 0.15) is 23.9 Å². The highest BCUT2D eigenvalue weighted by atomic mass is 16.6. The molecule has 1 aliphatic heterocycles. The summed E-state index contributed by atoms with van der Waals surface area (Å²) in [6.07, 6.45) is -6.41. The fourth-order valence-corrected chi connectivity index (χ4v) is 8.88. The van der Waals surface area contributed by atoms with Crippen molar-refractivity contribution in [2.24, 2.45) is 11.3 Å². The second-order valence-electron chi connectivity index (χ2n) is 16.6. The van der Waals surface area contributed by atoms with Crippen molar-refractivity contribution in [2.75, 3.05) is 6.61 Å². The van der Waals surface area contributed by atoms with Crippen molar-refractivity contribution in [1.82, 2.24) is 5.32 Å². The summed E-state index contributed by atoms with van der Waals surface area (Å²) < 4.78 is 42.0. The molecule has 1 amide bonds. The molecule has 59 heavy (non-hydrogen) atoms. The summed E-state index contributed by atoms with van der Waals surface area (Å²) in [5.41, 5.74) is -1.71. The van der Waals surface area contributed by atoms with Gasteiger partial charge in [-0.1, -0.05) is 61.5 Å². The van der Waals surface area contributed by atoms with Crippen molar-refractivity contribution < 1.29 is 67.0 Å². The van der Waals surface area contributed by atoms with Gasteiger partial charge in [-0.05, 0) is 56.5 Å². The fourth-order valence-electron chi connectivity index (χ4n) is 8.88. The van der Waals surface area contributed by atoms with E-state index < -0.39 is 101 Å². The van der Waals surface area contributed by atoms with Crippen LogP contribution in [0.15, 0.2) is 83.5 Å². The first kappa shape index (κ1) is 43.0. The second-order valence-corrected chi connectivity index (χ2v) is 16.6. The standard InChI is InChI=1S/C44H51NO14/c1-23-30(56-40(51)36(49)35(27-15-11-9-12-16-27)45-41(52)59-42(5,6)7)19-29-20-31-43(8,32(54-24(2)46)21-33-44(31,22-53-33)58-26(4)48)38(55-25(3)47)37(34(23)29)57-39(50)28-17-13-10-14-18-28/h9-18,20,30-33,35-38,49H,19,21-22H2,1-8H3,(H,45,52)/t30-,31-,32-,33+,35-,36+,37+,38-,43-,44+/m0/s1. The highest BCUT2D eigenvalue weighted by Crippen LogP contribution is 2.61. The first-order chi connectivity index (χ1) is 27.7. The Kier molecular flexibility index (Phi) is 12.1. The number of amides is 1. The Morgan fingerprint density at radius 3 is 2.05 bits per heavy atom. The number of alkyl carbamates (subject to hydrolysis) is 1. The summed E-state index contributed by atoms with van der Waals surface area (Å²) >= 11 is 0. The van der Waals surface area contributed by atoms with Crippen LogP contribution in [0.1, 0.15) is 90.2 Å². The number of rotatable bonds is 10. The largest absolute Gasteiger partial charge is 0.462 e. The van der Waals surface area contributed by atoms with E-state index in [0.29, 0.717) is 22.3 Å². The zero-order valence-electron chi connectivity index (χ0n) is 34.3. The number of hydrogen-bond acceptors (Lipinski definition) is 14. The lowest BCUT2D eigenvalue weighted by Crippen LogP contribution is -2.75. The predicted molar refractivity (Wildman–Crippen MR) is 207 cm³/mol. The number of benzene rings is 2. The van der Waals surface area contributed by atoms with Gasteiger partial charge in [0, 0.05) is 45.1 Å². The Morgan fingerprint density at radius 2 is 1.49 bits per heavy atom. The molecule has 2 aromatic rings. The molecular formula is C44H51NO14. The first-order valence-corrected chi connectivity index (χ1v) is 19.5. The van der Waals surface area contributed by atoms with E-state index in [9.17, 15) is 33.9 Å². The normalized spacial score (nSPS) is 29.3. The van der Waals surface area contributed by atoms with Crippen LogP contribution < -0.4 is 5.32 Å². The zero-order chi connectivity index (χ0) is 43.0. The Labute approximate surface area is 342 Å². The summed E-state index contributed by atoms with van der Waals surface area (Å²) in [4.78, 5) is 79.5. The van der Waals surface area contributed by atoms with Gasteiger partial charge >= 0.3 is 35.9 Å². The van der Waals surface area contributed by atoms with Crippen molar-refractivity contribution in [3.05, 3.63) is 94.6 Å². The molecule has 10 atom stereocenters. The average Bonchev–Trinajstić information content (AvgIpc) is 3.41. The predicted octanol–water partition coefficient (Wildman–Crippen LogP) is 5.00. The molecule has 15 nitrogen and oxygen atoms in total. The van der Waals surface area contributed by atoms with E-state index in [4.69, 9.17) is 33.2 Å². The number of carbonyl (C=O) groups is 6. The third-order valence-corrected chi connectivity index (χ3v) is 11.4. The van der Waals surface area contributed by atoms with Gasteiger partial charge in [0.05, 0.1) is 23.6 Å². The quantitative estimate of drug-likeness (QED) is 0.240. The van der Waals surface area contributed by atoms with Crippen molar-refractivity contribution in [3.63, 3.8) is 0 Å². The summed E-state index contributed by atoms with van der Waals surface area (Å²) in [7, 11) is 0. The maximum absolute atomic E-state index is 14.0. The minimum Gasteiger partial charge on any atom is -0.462 e. The van der Waals surface area contributed by atoms with Gasteiger partial charge in [-0.25, -0.2) is 14.4 Å². The SMILES string of the molecule is CC(=O)O[C@H]1C[C@H]2OC[C@@]2(OC(C)=O)[C@H]2C=C3C[C@H](OC(=O)[C@H](O)[C@@H](NC(=O)OC(C)(C)C)c4ccccc4)C(C)=C3[C@@H](OC(=O)c3ccccc3)[C@H](OC(C)=O)[C@]12C. The molecular weight excluding hydrogens is 766 g/mol. The highest BCUT2D eigenvalue weighted by Gasteiger charge is 2.72. The van der Waals surface area contributed by atoms with Gasteiger partial charge in [-0.3, -0.25) is 14.4 Å². The molecule has 1 heterocycles. The zero-order valence-corrected chi connectivity index (χ0v) is 34.3. The molecule has 1 saturated heterocycles. The maximum atomic E-state index is 14.0. The fraction of sp³-hybridized carbons (Fsp3) is 0.500. The number of hydrogen-bond donors (Lipinski definition) is 2. The lowest BCUT2D eigenvalue weighted by molar-refractivity contribution is -0.326. The van der Waals surface area contributed by atoms with Crippen molar-refractivity contribution in [2.45, 2.75) is 122 Å². The van der Waals surface area contributed by atoms with E-state index in [1.54, 1.807) is 95.3 Å². The Hall–Kier alpha value is -5.54. The van der Waals surface area contributed by atoms with Gasteiger partial charge in [0.15, 0.2) is 23.9 Å². The molecule has 316 valence electrons. The molecule has 15 heteroatoms. The molecule has 0 spiro atoms. The van der Waals surface area contributed by atoms with Crippen LogP contribution in [0.25, 0.3) is 0 Å². The molecule has 2 aromatic carbocycles. The van der Waals surface area contributed by atoms with E-state index in [0.717, 1.165) is 0 Å². The smallest absolute Gasteiger partial charge is 0.408 e. The Morgan fingerprint density at radius 1 is 0.864 bits per heavy atom. The first-order valence-electron chi connectivity index (χ1n) is 19.5. The van der Waals surface area contributed by atoms with Crippen molar-refractivity contribution >= 4 is 35.9 Å². The average molecular weight is 818 g/mol. The van der Waals surface area contributed by atoms with Crippen LogP contribution in [0.2, 0.25) is 0 Å². The van der Waals surface area contributed by atoms with E-state index in [2.05, 4.69) is 5.32 Å². The highest BCUT2D eigenvalue weighted by molar-refractivity contribution is 5.90. The van der Waals surface area contributed by atoms with Crippen LogP contribution in [0.5, 0.6) is 0 Å². The number of aliphatic hydroxyl groups is 1. The Bertz CT molecular complexity index is 2040. The van der Waals surface area contributed by atoms with E-state index >= 15 is 0 Å². The van der Waals surface area contributed by atoms with Gasteiger partial charge in [0.2, 0.25) is 0 Å².